The first-order valence-electron chi connectivity index (χ1n) is 9.97. The molecule has 1 fully saturated rings. The molecule has 2 aromatic carbocycles. The van der Waals surface area contributed by atoms with Gasteiger partial charge in [-0.1, -0.05) is 36.3 Å². The summed E-state index contributed by atoms with van der Waals surface area (Å²) in [5, 5.41) is 2.87. The molecule has 1 aliphatic heterocycles. The lowest BCUT2D eigenvalue weighted by Crippen LogP contribution is -2.38. The van der Waals surface area contributed by atoms with Crippen molar-refractivity contribution in [3.05, 3.63) is 71.5 Å². The fraction of sp³-hybridized carbons (Fsp3) is 0.333. The molecule has 1 heterocycles. The second-order valence-electron chi connectivity index (χ2n) is 7.29. The zero-order valence-electron chi connectivity index (χ0n) is 16.4. The van der Waals surface area contributed by atoms with Crippen molar-refractivity contribution >= 4 is 11.8 Å². The van der Waals surface area contributed by atoms with Crippen molar-refractivity contribution in [2.75, 3.05) is 13.1 Å². The molecule has 0 saturated carbocycles. The number of rotatable bonds is 5. The van der Waals surface area contributed by atoms with Gasteiger partial charge in [-0.2, -0.15) is 0 Å². The van der Waals surface area contributed by atoms with Crippen LogP contribution >= 0.6 is 0 Å². The maximum absolute atomic E-state index is 12.9. The predicted octanol–water partition coefficient (Wildman–Crippen LogP) is 3.51. The van der Waals surface area contributed by atoms with Gasteiger partial charge in [0.25, 0.3) is 5.91 Å². The number of halogens is 1. The molecule has 0 atom stereocenters. The molecule has 0 aromatic heterocycles. The van der Waals surface area contributed by atoms with Gasteiger partial charge in [0.1, 0.15) is 5.82 Å². The molecule has 0 aliphatic carbocycles. The molecule has 0 bridgehead atoms. The number of likely N-dealkylation sites (tertiary alicyclic amines) is 1. The minimum Gasteiger partial charge on any atom is -0.352 e. The van der Waals surface area contributed by atoms with Crippen LogP contribution < -0.4 is 5.32 Å². The molecule has 0 unspecified atom stereocenters. The highest BCUT2D eigenvalue weighted by Crippen LogP contribution is 2.22. The number of nitrogens with one attached hydrogen (secondary N) is 1. The topological polar surface area (TPSA) is 49.4 Å². The molecular weight excluding hydrogens is 367 g/mol. The lowest BCUT2D eigenvalue weighted by atomic mass is 9.92. The molecule has 29 heavy (non-hydrogen) atoms. The van der Waals surface area contributed by atoms with Gasteiger partial charge in [-0.15, -0.1) is 0 Å². The minimum atomic E-state index is -0.282. The highest BCUT2D eigenvalue weighted by atomic mass is 19.1. The first-order valence-corrected chi connectivity index (χ1v) is 9.97. The highest BCUT2D eigenvalue weighted by Gasteiger charge is 2.22. The average molecular weight is 392 g/mol. The Morgan fingerprint density at radius 1 is 1.03 bits per heavy atom. The van der Waals surface area contributed by atoms with Gasteiger partial charge in [-0.05, 0) is 55.0 Å². The number of hydrogen-bond acceptors (Lipinski definition) is 2. The van der Waals surface area contributed by atoms with Crippen LogP contribution in [0, 0.1) is 23.6 Å². The Morgan fingerprint density at radius 3 is 2.41 bits per heavy atom. The van der Waals surface area contributed by atoms with Crippen molar-refractivity contribution in [1.29, 1.82) is 0 Å². The SMILES string of the molecule is O=C(CCC1CCN(C(=O)C#Cc2ccccc2)CC1)NCc1ccc(F)cc1. The number of nitrogens with zero attached hydrogens (tertiary/aromatic N) is 1. The van der Waals surface area contributed by atoms with E-state index in [0.717, 1.165) is 30.4 Å². The van der Waals surface area contributed by atoms with Gasteiger partial charge in [0.15, 0.2) is 0 Å². The second kappa shape index (κ2) is 10.4. The summed E-state index contributed by atoms with van der Waals surface area (Å²) in [5.74, 6) is 5.65. The van der Waals surface area contributed by atoms with Gasteiger partial charge >= 0.3 is 0 Å². The van der Waals surface area contributed by atoms with E-state index in [2.05, 4.69) is 17.2 Å². The van der Waals surface area contributed by atoms with E-state index in [1.165, 1.54) is 12.1 Å². The number of piperidine rings is 1. The lowest BCUT2D eigenvalue weighted by molar-refractivity contribution is -0.127. The smallest absolute Gasteiger partial charge is 0.298 e. The van der Waals surface area contributed by atoms with Crippen LogP contribution in [-0.2, 0) is 16.1 Å². The van der Waals surface area contributed by atoms with E-state index in [1.807, 2.05) is 30.3 Å². The Bertz CT molecular complexity index is 877. The van der Waals surface area contributed by atoms with E-state index in [9.17, 15) is 14.0 Å². The normalized spacial score (nSPS) is 14.0. The lowest BCUT2D eigenvalue weighted by Gasteiger charge is -2.30. The van der Waals surface area contributed by atoms with Crippen LogP contribution in [0.1, 0.15) is 36.8 Å². The Morgan fingerprint density at radius 2 is 1.72 bits per heavy atom. The van der Waals surface area contributed by atoms with Crippen LogP contribution in [0.2, 0.25) is 0 Å². The third kappa shape index (κ3) is 6.76. The molecule has 1 aliphatic rings. The molecule has 0 radical (unpaired) electrons. The maximum Gasteiger partial charge on any atom is 0.298 e. The van der Waals surface area contributed by atoms with Crippen LogP contribution in [-0.4, -0.2) is 29.8 Å². The molecule has 2 aromatic rings. The summed E-state index contributed by atoms with van der Waals surface area (Å²) < 4.78 is 12.9. The summed E-state index contributed by atoms with van der Waals surface area (Å²) >= 11 is 0. The van der Waals surface area contributed by atoms with E-state index >= 15 is 0 Å². The summed E-state index contributed by atoms with van der Waals surface area (Å²) in [6.45, 7) is 1.78. The number of carbonyl (C=O) groups is 2. The van der Waals surface area contributed by atoms with Crippen molar-refractivity contribution in [3.8, 4) is 11.8 Å². The minimum absolute atomic E-state index is 0.00144. The van der Waals surface area contributed by atoms with Gasteiger partial charge in [-0.3, -0.25) is 9.59 Å². The van der Waals surface area contributed by atoms with Crippen LogP contribution in [0.25, 0.3) is 0 Å². The van der Waals surface area contributed by atoms with E-state index in [-0.39, 0.29) is 17.6 Å². The fourth-order valence-electron chi connectivity index (χ4n) is 3.38. The number of amides is 2. The molecule has 3 rings (SSSR count). The van der Waals surface area contributed by atoms with Gasteiger partial charge < -0.3 is 10.2 Å². The number of hydrogen-bond donors (Lipinski definition) is 1. The standard InChI is InChI=1S/C24H25FN2O2/c25-22-10-6-21(7-11-22)18-26-23(28)12-8-20-14-16-27(17-15-20)24(29)13-9-19-4-2-1-3-5-19/h1-7,10-11,20H,8,12,14-18H2,(H,26,28). The fourth-order valence-corrected chi connectivity index (χ4v) is 3.38. The zero-order chi connectivity index (χ0) is 20.5. The predicted molar refractivity (Wildman–Crippen MR) is 110 cm³/mol. The summed E-state index contributed by atoms with van der Waals surface area (Å²) in [6, 6.07) is 15.6. The Labute approximate surface area is 171 Å². The quantitative estimate of drug-likeness (QED) is 0.792. The maximum atomic E-state index is 12.9. The third-order valence-electron chi connectivity index (χ3n) is 5.17. The van der Waals surface area contributed by atoms with Crippen molar-refractivity contribution < 1.29 is 14.0 Å². The summed E-state index contributed by atoms with van der Waals surface area (Å²) in [5.41, 5.74) is 1.71. The van der Waals surface area contributed by atoms with Gasteiger partial charge in [0.2, 0.25) is 5.91 Å². The summed E-state index contributed by atoms with van der Waals surface area (Å²) in [4.78, 5) is 26.1. The zero-order valence-corrected chi connectivity index (χ0v) is 16.4. The number of carbonyl (C=O) groups excluding carboxylic acids is 2. The average Bonchev–Trinajstić information content (AvgIpc) is 2.76. The van der Waals surface area contributed by atoms with Crippen molar-refractivity contribution in [2.24, 2.45) is 5.92 Å². The third-order valence-corrected chi connectivity index (χ3v) is 5.17. The Hall–Kier alpha value is -3.13. The van der Waals surface area contributed by atoms with Crippen molar-refractivity contribution in [1.82, 2.24) is 10.2 Å². The molecule has 1 N–H and O–H groups in total. The van der Waals surface area contributed by atoms with E-state index < -0.39 is 0 Å². The largest absolute Gasteiger partial charge is 0.352 e. The van der Waals surface area contributed by atoms with Crippen molar-refractivity contribution in [3.63, 3.8) is 0 Å². The summed E-state index contributed by atoms with van der Waals surface area (Å²) in [6.07, 6.45) is 3.06. The summed E-state index contributed by atoms with van der Waals surface area (Å²) in [7, 11) is 0. The van der Waals surface area contributed by atoms with Crippen LogP contribution in [0.3, 0.4) is 0 Å². The highest BCUT2D eigenvalue weighted by molar-refractivity contribution is 5.94. The molecule has 2 amide bonds. The van der Waals surface area contributed by atoms with Gasteiger partial charge in [0.05, 0.1) is 0 Å². The Balaban J connectivity index is 1.35. The molecule has 4 nitrogen and oxygen atoms in total. The molecule has 0 spiro atoms. The van der Waals surface area contributed by atoms with E-state index in [1.54, 1.807) is 17.0 Å². The van der Waals surface area contributed by atoms with Gasteiger partial charge in [-0.25, -0.2) is 4.39 Å². The van der Waals surface area contributed by atoms with Gasteiger partial charge in [0, 0.05) is 37.5 Å². The monoisotopic (exact) mass is 392 g/mol. The van der Waals surface area contributed by atoms with Crippen LogP contribution in [0.4, 0.5) is 4.39 Å². The van der Waals surface area contributed by atoms with E-state index in [0.29, 0.717) is 32.0 Å². The first kappa shape index (κ1) is 20.6. The Kier molecular flexibility index (Phi) is 7.40. The number of benzene rings is 2. The molecule has 150 valence electrons. The first-order chi connectivity index (χ1) is 14.1. The molecule has 5 heteroatoms. The molecule has 1 saturated heterocycles. The molecular formula is C24H25FN2O2. The van der Waals surface area contributed by atoms with Crippen LogP contribution in [0.5, 0.6) is 0 Å². The van der Waals surface area contributed by atoms with E-state index in [4.69, 9.17) is 0 Å². The van der Waals surface area contributed by atoms with Crippen molar-refractivity contribution in [2.45, 2.75) is 32.2 Å². The second-order valence-corrected chi connectivity index (χ2v) is 7.29. The van der Waals surface area contributed by atoms with Crippen LogP contribution in [0.15, 0.2) is 54.6 Å².